The third-order valence-corrected chi connectivity index (χ3v) is 4.60. The molecule has 1 aromatic carbocycles. The Balaban J connectivity index is 1.64. The van der Waals surface area contributed by atoms with E-state index in [1.54, 1.807) is 23.5 Å². The number of anilines is 1. The summed E-state index contributed by atoms with van der Waals surface area (Å²) in [6, 6.07) is 8.17. The van der Waals surface area contributed by atoms with Gasteiger partial charge in [-0.05, 0) is 25.0 Å². The van der Waals surface area contributed by atoms with Gasteiger partial charge in [-0.2, -0.15) is 0 Å². The number of fused-ring (bicyclic) bond motifs is 1. The molecule has 21 heavy (non-hydrogen) atoms. The first-order valence-electron chi connectivity index (χ1n) is 7.68. The monoisotopic (exact) mass is 307 g/mol. The van der Waals surface area contributed by atoms with Gasteiger partial charge < -0.3 is 4.74 Å². The fraction of sp³-hybridized carbons (Fsp3) is 0.562. The van der Waals surface area contributed by atoms with Gasteiger partial charge in [0.05, 0.1) is 10.2 Å². The SMILES string of the molecule is COCCCCCCCCN(N)c1nc2ccccc2s1. The Hall–Kier alpha value is -1.17. The maximum atomic E-state index is 6.10. The molecule has 0 saturated heterocycles. The number of aromatic nitrogens is 1. The first-order chi connectivity index (χ1) is 10.3. The van der Waals surface area contributed by atoms with Crippen molar-refractivity contribution in [3.8, 4) is 0 Å². The Morgan fingerprint density at radius 2 is 1.81 bits per heavy atom. The van der Waals surface area contributed by atoms with Crippen LogP contribution in [0.1, 0.15) is 38.5 Å². The van der Waals surface area contributed by atoms with E-state index in [0.717, 1.165) is 30.2 Å². The number of nitrogens with two attached hydrogens (primary N) is 1. The molecule has 0 bridgehead atoms. The van der Waals surface area contributed by atoms with E-state index in [1.165, 1.54) is 36.8 Å². The van der Waals surface area contributed by atoms with Crippen LogP contribution in [-0.4, -0.2) is 25.2 Å². The molecule has 5 heteroatoms. The van der Waals surface area contributed by atoms with Gasteiger partial charge in [-0.1, -0.05) is 49.2 Å². The van der Waals surface area contributed by atoms with Crippen LogP contribution in [0.2, 0.25) is 0 Å². The molecule has 0 saturated carbocycles. The molecule has 0 aliphatic rings. The van der Waals surface area contributed by atoms with Gasteiger partial charge in [0.15, 0.2) is 0 Å². The Bertz CT molecular complexity index is 496. The average Bonchev–Trinajstić information content (AvgIpc) is 2.94. The van der Waals surface area contributed by atoms with Crippen LogP contribution in [0.4, 0.5) is 5.13 Å². The highest BCUT2D eigenvalue weighted by atomic mass is 32.1. The average molecular weight is 307 g/mol. The Morgan fingerprint density at radius 1 is 1.10 bits per heavy atom. The van der Waals surface area contributed by atoms with Crippen molar-refractivity contribution < 1.29 is 4.74 Å². The van der Waals surface area contributed by atoms with Crippen molar-refractivity contribution >= 4 is 26.7 Å². The Labute approximate surface area is 130 Å². The van der Waals surface area contributed by atoms with Gasteiger partial charge in [-0.15, -0.1) is 0 Å². The molecule has 0 amide bonds. The van der Waals surface area contributed by atoms with E-state index < -0.39 is 0 Å². The van der Waals surface area contributed by atoms with Gasteiger partial charge in [0.1, 0.15) is 0 Å². The number of hydrogen-bond donors (Lipinski definition) is 1. The minimum absolute atomic E-state index is 0.873. The summed E-state index contributed by atoms with van der Waals surface area (Å²) < 4.78 is 6.24. The molecule has 0 radical (unpaired) electrons. The summed E-state index contributed by atoms with van der Waals surface area (Å²) in [6.45, 7) is 1.76. The number of unbranched alkanes of at least 4 members (excludes halogenated alkanes) is 5. The number of rotatable bonds is 10. The number of hydrogen-bond acceptors (Lipinski definition) is 5. The molecule has 0 aliphatic heterocycles. The van der Waals surface area contributed by atoms with Crippen molar-refractivity contribution in [1.82, 2.24) is 4.98 Å². The second kappa shape index (κ2) is 8.97. The first-order valence-corrected chi connectivity index (χ1v) is 8.49. The molecule has 1 aromatic heterocycles. The second-order valence-corrected chi connectivity index (χ2v) is 6.28. The normalized spacial score (nSPS) is 11.1. The van der Waals surface area contributed by atoms with Crippen LogP contribution in [0, 0.1) is 0 Å². The van der Waals surface area contributed by atoms with Gasteiger partial charge in [-0.3, -0.25) is 5.01 Å². The number of thiazole rings is 1. The smallest absolute Gasteiger partial charge is 0.200 e. The minimum Gasteiger partial charge on any atom is -0.385 e. The third kappa shape index (κ3) is 5.26. The summed E-state index contributed by atoms with van der Waals surface area (Å²) >= 11 is 1.66. The fourth-order valence-corrected chi connectivity index (χ4v) is 3.23. The molecule has 0 atom stereocenters. The number of nitrogens with zero attached hydrogens (tertiary/aromatic N) is 2. The molecule has 4 nitrogen and oxygen atoms in total. The molecule has 2 aromatic rings. The number of methoxy groups -OCH3 is 1. The summed E-state index contributed by atoms with van der Waals surface area (Å²) in [6.07, 6.45) is 7.35. The maximum Gasteiger partial charge on any atom is 0.200 e. The summed E-state index contributed by atoms with van der Waals surface area (Å²) in [4.78, 5) is 4.57. The number of hydrazine groups is 1. The van der Waals surface area contributed by atoms with Gasteiger partial charge in [0.25, 0.3) is 0 Å². The Morgan fingerprint density at radius 3 is 2.57 bits per heavy atom. The highest BCUT2D eigenvalue weighted by molar-refractivity contribution is 7.22. The molecule has 116 valence electrons. The van der Waals surface area contributed by atoms with E-state index in [4.69, 9.17) is 10.6 Å². The summed E-state index contributed by atoms with van der Waals surface area (Å²) in [7, 11) is 1.76. The summed E-state index contributed by atoms with van der Waals surface area (Å²) in [5, 5.41) is 2.70. The lowest BCUT2D eigenvalue weighted by molar-refractivity contribution is 0.192. The van der Waals surface area contributed by atoms with Crippen molar-refractivity contribution in [3.63, 3.8) is 0 Å². The van der Waals surface area contributed by atoms with Crippen molar-refractivity contribution in [3.05, 3.63) is 24.3 Å². The van der Waals surface area contributed by atoms with Gasteiger partial charge >= 0.3 is 0 Å². The van der Waals surface area contributed by atoms with Crippen LogP contribution in [0.15, 0.2) is 24.3 Å². The summed E-state index contributed by atoms with van der Waals surface area (Å²) in [5.41, 5.74) is 1.03. The fourth-order valence-electron chi connectivity index (χ4n) is 2.31. The lowest BCUT2D eigenvalue weighted by Crippen LogP contribution is -2.31. The molecule has 2 N–H and O–H groups in total. The standard InChI is InChI=1S/C16H25N3OS/c1-20-13-9-5-3-2-4-8-12-19(17)16-18-14-10-6-7-11-15(14)21-16/h6-7,10-11H,2-5,8-9,12-13,17H2,1H3. The first kappa shape index (κ1) is 16.2. The lowest BCUT2D eigenvalue weighted by atomic mass is 10.1. The van der Waals surface area contributed by atoms with E-state index in [0.29, 0.717) is 0 Å². The van der Waals surface area contributed by atoms with Crippen LogP contribution in [0.3, 0.4) is 0 Å². The predicted molar refractivity (Wildman–Crippen MR) is 90.7 cm³/mol. The van der Waals surface area contributed by atoms with Crippen LogP contribution < -0.4 is 10.9 Å². The van der Waals surface area contributed by atoms with E-state index in [-0.39, 0.29) is 0 Å². The molecule has 1 heterocycles. The van der Waals surface area contributed by atoms with Crippen molar-refractivity contribution in [2.45, 2.75) is 38.5 Å². The van der Waals surface area contributed by atoms with Gasteiger partial charge in [0.2, 0.25) is 5.13 Å². The highest BCUT2D eigenvalue weighted by Crippen LogP contribution is 2.27. The molecular formula is C16H25N3OS. The molecule has 0 aliphatic carbocycles. The van der Waals surface area contributed by atoms with Gasteiger partial charge in [-0.25, -0.2) is 10.8 Å². The van der Waals surface area contributed by atoms with Crippen molar-refractivity contribution in [2.24, 2.45) is 5.84 Å². The predicted octanol–water partition coefficient (Wildman–Crippen LogP) is 3.96. The van der Waals surface area contributed by atoms with Crippen LogP contribution in [0.5, 0.6) is 0 Å². The number of para-hydroxylation sites is 1. The molecule has 0 spiro atoms. The van der Waals surface area contributed by atoms with Crippen LogP contribution in [0.25, 0.3) is 10.2 Å². The number of ether oxygens (including phenoxy) is 1. The van der Waals surface area contributed by atoms with E-state index in [9.17, 15) is 0 Å². The number of benzene rings is 1. The topological polar surface area (TPSA) is 51.4 Å². The third-order valence-electron chi connectivity index (χ3n) is 3.53. The minimum atomic E-state index is 0.873. The van der Waals surface area contributed by atoms with Gasteiger partial charge in [0, 0.05) is 20.3 Å². The summed E-state index contributed by atoms with van der Waals surface area (Å²) in [5.74, 6) is 6.10. The zero-order valence-corrected chi connectivity index (χ0v) is 13.6. The molecule has 0 unspecified atom stereocenters. The molecule has 0 fully saturated rings. The maximum absolute atomic E-state index is 6.10. The largest absolute Gasteiger partial charge is 0.385 e. The zero-order valence-electron chi connectivity index (χ0n) is 12.8. The van der Waals surface area contributed by atoms with Crippen molar-refractivity contribution in [2.75, 3.05) is 25.3 Å². The quantitative estimate of drug-likeness (QED) is 0.410. The highest BCUT2D eigenvalue weighted by Gasteiger charge is 2.07. The second-order valence-electron chi connectivity index (χ2n) is 5.27. The van der Waals surface area contributed by atoms with E-state index >= 15 is 0 Å². The van der Waals surface area contributed by atoms with E-state index in [1.807, 2.05) is 18.2 Å². The molecule has 2 rings (SSSR count). The lowest BCUT2D eigenvalue weighted by Gasteiger charge is -2.14. The van der Waals surface area contributed by atoms with Crippen LogP contribution in [-0.2, 0) is 4.74 Å². The Kier molecular flexibility index (Phi) is 6.92. The molecular weight excluding hydrogens is 282 g/mol. The van der Waals surface area contributed by atoms with E-state index in [2.05, 4.69) is 11.1 Å². The van der Waals surface area contributed by atoms with Crippen LogP contribution >= 0.6 is 11.3 Å². The zero-order chi connectivity index (χ0) is 14.9. The van der Waals surface area contributed by atoms with Crippen molar-refractivity contribution in [1.29, 1.82) is 0 Å².